The Morgan fingerprint density at radius 2 is 1.83 bits per heavy atom. The molecule has 0 saturated carbocycles. The predicted octanol–water partition coefficient (Wildman–Crippen LogP) is 4.20. The largest absolute Gasteiger partial charge is 0.351 e. The van der Waals surface area contributed by atoms with Crippen molar-refractivity contribution in [2.24, 2.45) is 0 Å². The van der Waals surface area contributed by atoms with E-state index in [0.29, 0.717) is 12.2 Å². The SMILES string of the molecule is Cc1cc(C)c2cc(C(=O)N(C)Cc3ccc(F)cc3)[nH]c2c1. The number of aromatic amines is 1. The molecule has 0 bridgehead atoms. The number of nitrogens with zero attached hydrogens (tertiary/aromatic N) is 1. The van der Waals surface area contributed by atoms with Crippen molar-refractivity contribution in [3.05, 3.63) is 70.7 Å². The van der Waals surface area contributed by atoms with Crippen molar-refractivity contribution >= 4 is 16.8 Å². The third-order valence-corrected chi connectivity index (χ3v) is 4.00. The first-order valence-electron chi connectivity index (χ1n) is 7.54. The lowest BCUT2D eigenvalue weighted by molar-refractivity contribution is 0.0780. The lowest BCUT2D eigenvalue weighted by atomic mass is 10.1. The van der Waals surface area contributed by atoms with Crippen LogP contribution in [0.5, 0.6) is 0 Å². The summed E-state index contributed by atoms with van der Waals surface area (Å²) in [5.74, 6) is -0.355. The number of carbonyl (C=O) groups excluding carboxylic acids is 1. The Balaban J connectivity index is 1.84. The molecule has 3 aromatic rings. The van der Waals surface area contributed by atoms with Crippen molar-refractivity contribution in [1.82, 2.24) is 9.88 Å². The molecule has 0 unspecified atom stereocenters. The summed E-state index contributed by atoms with van der Waals surface area (Å²) >= 11 is 0. The maximum absolute atomic E-state index is 13.0. The summed E-state index contributed by atoms with van der Waals surface area (Å²) in [4.78, 5) is 17.4. The Kier molecular flexibility index (Phi) is 3.90. The zero-order valence-electron chi connectivity index (χ0n) is 13.5. The first kappa shape index (κ1) is 15.3. The highest BCUT2D eigenvalue weighted by molar-refractivity contribution is 5.98. The number of hydrogen-bond donors (Lipinski definition) is 1. The summed E-state index contributed by atoms with van der Waals surface area (Å²) in [5, 5.41) is 1.06. The highest BCUT2D eigenvalue weighted by Gasteiger charge is 2.15. The molecule has 4 heteroatoms. The molecule has 1 aromatic heterocycles. The molecular weight excluding hydrogens is 291 g/mol. The Morgan fingerprint density at radius 1 is 1.13 bits per heavy atom. The lowest BCUT2D eigenvalue weighted by Gasteiger charge is -2.16. The first-order valence-corrected chi connectivity index (χ1v) is 7.54. The molecule has 0 radical (unpaired) electrons. The Hall–Kier alpha value is -2.62. The smallest absolute Gasteiger partial charge is 0.270 e. The second-order valence-electron chi connectivity index (χ2n) is 6.01. The number of benzene rings is 2. The fourth-order valence-corrected chi connectivity index (χ4v) is 2.86. The van der Waals surface area contributed by atoms with Gasteiger partial charge < -0.3 is 9.88 Å². The van der Waals surface area contributed by atoms with Crippen LogP contribution < -0.4 is 0 Å². The summed E-state index contributed by atoms with van der Waals surface area (Å²) in [5.41, 5.74) is 4.75. The highest BCUT2D eigenvalue weighted by atomic mass is 19.1. The van der Waals surface area contributed by atoms with Crippen LogP contribution in [0.1, 0.15) is 27.2 Å². The first-order chi connectivity index (χ1) is 10.9. The van der Waals surface area contributed by atoms with Gasteiger partial charge in [-0.15, -0.1) is 0 Å². The molecule has 23 heavy (non-hydrogen) atoms. The van der Waals surface area contributed by atoms with Gasteiger partial charge in [-0.05, 0) is 54.8 Å². The molecule has 0 aliphatic rings. The van der Waals surface area contributed by atoms with Crippen LogP contribution in [0.3, 0.4) is 0 Å². The third kappa shape index (κ3) is 3.11. The quantitative estimate of drug-likeness (QED) is 0.773. The molecular formula is C19H19FN2O. The molecule has 0 fully saturated rings. The Bertz CT molecular complexity index is 865. The molecule has 0 aliphatic heterocycles. The van der Waals surface area contributed by atoms with Gasteiger partial charge in [0, 0.05) is 24.5 Å². The summed E-state index contributed by atoms with van der Waals surface area (Å²) in [6, 6.07) is 12.2. The number of hydrogen-bond acceptors (Lipinski definition) is 1. The third-order valence-electron chi connectivity index (χ3n) is 4.00. The second-order valence-corrected chi connectivity index (χ2v) is 6.01. The number of amides is 1. The van der Waals surface area contributed by atoms with Gasteiger partial charge in [0.15, 0.2) is 0 Å². The second kappa shape index (κ2) is 5.88. The minimum atomic E-state index is -0.274. The zero-order chi connectivity index (χ0) is 16.6. The van der Waals surface area contributed by atoms with Crippen molar-refractivity contribution in [1.29, 1.82) is 0 Å². The predicted molar refractivity (Wildman–Crippen MR) is 90.0 cm³/mol. The zero-order valence-corrected chi connectivity index (χ0v) is 13.5. The molecule has 0 saturated heterocycles. The number of H-pyrrole nitrogens is 1. The van der Waals surface area contributed by atoms with Crippen molar-refractivity contribution < 1.29 is 9.18 Å². The average Bonchev–Trinajstić information content (AvgIpc) is 2.93. The highest BCUT2D eigenvalue weighted by Crippen LogP contribution is 2.22. The van der Waals surface area contributed by atoms with Gasteiger partial charge in [-0.3, -0.25) is 4.79 Å². The number of aryl methyl sites for hydroxylation is 2. The number of carbonyl (C=O) groups is 1. The number of rotatable bonds is 3. The van der Waals surface area contributed by atoms with E-state index in [-0.39, 0.29) is 11.7 Å². The van der Waals surface area contributed by atoms with E-state index in [2.05, 4.69) is 11.1 Å². The van der Waals surface area contributed by atoms with E-state index in [4.69, 9.17) is 0 Å². The van der Waals surface area contributed by atoms with E-state index in [1.54, 1.807) is 24.1 Å². The topological polar surface area (TPSA) is 36.1 Å². The average molecular weight is 310 g/mol. The molecule has 3 rings (SSSR count). The van der Waals surface area contributed by atoms with Crippen LogP contribution >= 0.6 is 0 Å². The summed E-state index contributed by atoms with van der Waals surface area (Å²) in [7, 11) is 1.75. The number of halogens is 1. The minimum Gasteiger partial charge on any atom is -0.351 e. The number of nitrogens with one attached hydrogen (secondary N) is 1. The maximum atomic E-state index is 13.0. The van der Waals surface area contributed by atoms with E-state index in [1.165, 1.54) is 12.1 Å². The molecule has 118 valence electrons. The Morgan fingerprint density at radius 3 is 2.52 bits per heavy atom. The minimum absolute atomic E-state index is 0.0809. The van der Waals surface area contributed by atoms with Crippen LogP contribution in [0, 0.1) is 19.7 Å². The fraction of sp³-hybridized carbons (Fsp3) is 0.211. The van der Waals surface area contributed by atoms with Gasteiger partial charge in [0.25, 0.3) is 5.91 Å². The van der Waals surface area contributed by atoms with Gasteiger partial charge in [-0.2, -0.15) is 0 Å². The number of aromatic nitrogens is 1. The lowest BCUT2D eigenvalue weighted by Crippen LogP contribution is -2.26. The van der Waals surface area contributed by atoms with E-state index < -0.39 is 0 Å². The van der Waals surface area contributed by atoms with Gasteiger partial charge in [0.1, 0.15) is 11.5 Å². The van der Waals surface area contributed by atoms with Crippen LogP contribution in [0.4, 0.5) is 4.39 Å². The van der Waals surface area contributed by atoms with Gasteiger partial charge in [-0.1, -0.05) is 18.2 Å². The van der Waals surface area contributed by atoms with Gasteiger partial charge >= 0.3 is 0 Å². The standard InChI is InChI=1S/C19H19FN2O/c1-12-8-13(2)16-10-18(21-17(16)9-12)19(23)22(3)11-14-4-6-15(20)7-5-14/h4-10,21H,11H2,1-3H3. The summed E-state index contributed by atoms with van der Waals surface area (Å²) in [6.45, 7) is 4.52. The van der Waals surface area contributed by atoms with Crippen molar-refractivity contribution in [3.63, 3.8) is 0 Å². The van der Waals surface area contributed by atoms with E-state index in [1.807, 2.05) is 26.0 Å². The molecule has 3 nitrogen and oxygen atoms in total. The van der Waals surface area contributed by atoms with E-state index >= 15 is 0 Å². The van der Waals surface area contributed by atoms with E-state index in [9.17, 15) is 9.18 Å². The fourth-order valence-electron chi connectivity index (χ4n) is 2.86. The molecule has 0 aliphatic carbocycles. The van der Waals surface area contributed by atoms with Crippen molar-refractivity contribution in [2.45, 2.75) is 20.4 Å². The molecule has 0 atom stereocenters. The monoisotopic (exact) mass is 310 g/mol. The van der Waals surface area contributed by atoms with Gasteiger partial charge in [0.05, 0.1) is 0 Å². The van der Waals surface area contributed by atoms with Crippen molar-refractivity contribution in [2.75, 3.05) is 7.05 Å². The molecule has 0 spiro atoms. The van der Waals surface area contributed by atoms with Crippen LogP contribution in [0.2, 0.25) is 0 Å². The van der Waals surface area contributed by atoms with Crippen LogP contribution in [0.25, 0.3) is 10.9 Å². The van der Waals surface area contributed by atoms with Crippen LogP contribution in [-0.4, -0.2) is 22.8 Å². The summed E-state index contributed by atoms with van der Waals surface area (Å²) in [6.07, 6.45) is 0. The maximum Gasteiger partial charge on any atom is 0.270 e. The van der Waals surface area contributed by atoms with Crippen molar-refractivity contribution in [3.8, 4) is 0 Å². The molecule has 1 N–H and O–H groups in total. The van der Waals surface area contributed by atoms with Gasteiger partial charge in [0.2, 0.25) is 0 Å². The Labute approximate surface area is 134 Å². The molecule has 1 amide bonds. The van der Waals surface area contributed by atoms with Gasteiger partial charge in [-0.25, -0.2) is 4.39 Å². The summed E-state index contributed by atoms with van der Waals surface area (Å²) < 4.78 is 13.0. The normalized spacial score (nSPS) is 11.0. The van der Waals surface area contributed by atoms with Crippen LogP contribution in [-0.2, 0) is 6.54 Å². The number of fused-ring (bicyclic) bond motifs is 1. The van der Waals surface area contributed by atoms with Crippen LogP contribution in [0.15, 0.2) is 42.5 Å². The molecule has 2 aromatic carbocycles. The molecule has 1 heterocycles. The van der Waals surface area contributed by atoms with E-state index in [0.717, 1.165) is 27.6 Å².